The van der Waals surface area contributed by atoms with Crippen LogP contribution in [0.1, 0.15) is 74.8 Å². The molecule has 4 aromatic rings. The van der Waals surface area contributed by atoms with Crippen LogP contribution in [0.4, 0.5) is 0 Å². The summed E-state index contributed by atoms with van der Waals surface area (Å²) in [5, 5.41) is 19.5. The van der Waals surface area contributed by atoms with Gasteiger partial charge >= 0.3 is 23.9 Å². The van der Waals surface area contributed by atoms with Crippen molar-refractivity contribution < 1.29 is 57.8 Å². The molecule has 0 heterocycles. The van der Waals surface area contributed by atoms with Crippen molar-refractivity contribution in [1.29, 1.82) is 0 Å². The average molecular weight is 686 g/mol. The zero-order valence-corrected chi connectivity index (χ0v) is 29.4. The van der Waals surface area contributed by atoms with Crippen LogP contribution in [-0.4, -0.2) is 62.5 Å². The Labute approximate surface area is 289 Å². The van der Waals surface area contributed by atoms with E-state index < -0.39 is 23.9 Å². The highest BCUT2D eigenvalue weighted by Crippen LogP contribution is 2.43. The number of hydrogen-bond donors (Lipinski definition) is 2. The maximum absolute atomic E-state index is 14.0. The molecule has 12 heteroatoms. The first-order valence-electron chi connectivity index (χ1n) is 15.2. The van der Waals surface area contributed by atoms with Crippen molar-refractivity contribution in [3.63, 3.8) is 0 Å². The molecule has 12 nitrogen and oxygen atoms in total. The molecule has 4 rings (SSSR count). The Morgan fingerprint density at radius 3 is 1.52 bits per heavy atom. The first-order chi connectivity index (χ1) is 23.6. The van der Waals surface area contributed by atoms with Gasteiger partial charge in [0, 0.05) is 16.7 Å². The molecule has 0 aliphatic carbocycles. The third kappa shape index (κ3) is 6.39. The van der Waals surface area contributed by atoms with E-state index in [1.165, 1.54) is 52.7 Å². The summed E-state index contributed by atoms with van der Waals surface area (Å²) in [5.41, 5.74) is 2.79. The van der Waals surface area contributed by atoms with E-state index in [1.54, 1.807) is 47.6 Å². The molecule has 4 aromatic carbocycles. The predicted octanol–water partition coefficient (Wildman–Crippen LogP) is 6.87. The van der Waals surface area contributed by atoms with Gasteiger partial charge in [-0.25, -0.2) is 19.2 Å². The van der Waals surface area contributed by atoms with Crippen LogP contribution >= 0.6 is 0 Å². The monoisotopic (exact) mass is 685 g/mol. The van der Waals surface area contributed by atoms with Crippen molar-refractivity contribution in [2.24, 2.45) is 0 Å². The Kier molecular flexibility index (Phi) is 10.7. The van der Waals surface area contributed by atoms with Gasteiger partial charge in [0.05, 0.1) is 28.4 Å². The fourth-order valence-electron chi connectivity index (χ4n) is 5.92. The second-order valence-corrected chi connectivity index (χ2v) is 11.3. The maximum atomic E-state index is 14.0. The van der Waals surface area contributed by atoms with E-state index in [2.05, 4.69) is 6.07 Å². The summed E-state index contributed by atoms with van der Waals surface area (Å²) in [4.78, 5) is 51.8. The Balaban J connectivity index is 1.81. The van der Waals surface area contributed by atoms with Gasteiger partial charge in [-0.05, 0) is 99.7 Å². The molecule has 0 aliphatic heterocycles. The molecule has 0 fully saturated rings. The number of hydrogen-bond acceptors (Lipinski definition) is 10. The molecule has 0 saturated carbocycles. The maximum Gasteiger partial charge on any atom is 0.348 e. The Morgan fingerprint density at radius 2 is 1.04 bits per heavy atom. The minimum Gasteiger partial charge on any atom is -0.496 e. The number of carboxylic acids is 2. The van der Waals surface area contributed by atoms with Gasteiger partial charge in [0.1, 0.15) is 56.8 Å². The fourth-order valence-corrected chi connectivity index (χ4v) is 5.92. The molecule has 50 heavy (non-hydrogen) atoms. The zero-order valence-electron chi connectivity index (χ0n) is 29.4. The second kappa shape index (κ2) is 14.6. The van der Waals surface area contributed by atoms with Crippen LogP contribution in [0.15, 0.2) is 30.3 Å². The SMILES string of the molecule is COc1ccc(-c2[c]ccc(OC)c2C(=O)Oc2c(C)c(C)c(C(=O)Oc3c(C)c(C)c(C(=O)O)c(OC)c3C)c(OC)c2C)cc1C(=O)O. The van der Waals surface area contributed by atoms with Gasteiger partial charge in [0.25, 0.3) is 0 Å². The summed E-state index contributed by atoms with van der Waals surface area (Å²) < 4.78 is 33.7. The van der Waals surface area contributed by atoms with Crippen molar-refractivity contribution in [3.05, 3.63) is 92.0 Å². The van der Waals surface area contributed by atoms with Crippen molar-refractivity contribution in [2.75, 3.05) is 28.4 Å². The van der Waals surface area contributed by atoms with E-state index in [4.69, 9.17) is 28.4 Å². The van der Waals surface area contributed by atoms with Crippen LogP contribution in [0.5, 0.6) is 34.5 Å². The van der Waals surface area contributed by atoms with E-state index in [0.29, 0.717) is 38.9 Å². The quantitative estimate of drug-likeness (QED) is 0.125. The summed E-state index contributed by atoms with van der Waals surface area (Å²) in [7, 11) is 5.44. The number of carboxylic acid groups (broad SMARTS) is 2. The number of carbonyl (C=O) groups is 4. The lowest BCUT2D eigenvalue weighted by Gasteiger charge is -2.22. The van der Waals surface area contributed by atoms with Gasteiger partial charge in [-0.3, -0.25) is 0 Å². The van der Waals surface area contributed by atoms with E-state index in [-0.39, 0.29) is 62.3 Å². The molecule has 0 aliphatic rings. The molecule has 261 valence electrons. The lowest BCUT2D eigenvalue weighted by atomic mass is 9.95. The van der Waals surface area contributed by atoms with Crippen LogP contribution in [0.25, 0.3) is 11.1 Å². The summed E-state index contributed by atoms with van der Waals surface area (Å²) in [5.74, 6) is -3.30. The minimum absolute atomic E-state index is 0.0181. The van der Waals surface area contributed by atoms with E-state index in [1.807, 2.05) is 0 Å². The third-order valence-corrected chi connectivity index (χ3v) is 8.69. The van der Waals surface area contributed by atoms with Crippen molar-refractivity contribution in [1.82, 2.24) is 0 Å². The fraction of sp³-hybridized carbons (Fsp3) is 0.263. The molecule has 2 N–H and O–H groups in total. The van der Waals surface area contributed by atoms with Crippen LogP contribution in [0.3, 0.4) is 0 Å². The molecule has 0 bridgehead atoms. The summed E-state index contributed by atoms with van der Waals surface area (Å²) in [6.45, 7) is 9.79. The molecule has 1 radical (unpaired) electrons. The Bertz CT molecular complexity index is 2060. The summed E-state index contributed by atoms with van der Waals surface area (Å²) in [6, 6.07) is 10.5. The van der Waals surface area contributed by atoms with Gasteiger partial charge in [0.15, 0.2) is 0 Å². The van der Waals surface area contributed by atoms with Gasteiger partial charge in [0.2, 0.25) is 0 Å². The highest BCUT2D eigenvalue weighted by Gasteiger charge is 2.31. The van der Waals surface area contributed by atoms with Crippen LogP contribution < -0.4 is 28.4 Å². The smallest absolute Gasteiger partial charge is 0.348 e. The second-order valence-electron chi connectivity index (χ2n) is 11.3. The molecule has 0 unspecified atom stereocenters. The largest absolute Gasteiger partial charge is 0.496 e. The van der Waals surface area contributed by atoms with E-state index >= 15 is 0 Å². The van der Waals surface area contributed by atoms with Gasteiger partial charge in [-0.1, -0.05) is 6.07 Å². The summed E-state index contributed by atoms with van der Waals surface area (Å²) in [6.07, 6.45) is 0. The van der Waals surface area contributed by atoms with E-state index in [9.17, 15) is 29.4 Å². The first-order valence-corrected chi connectivity index (χ1v) is 15.2. The molecule has 0 aromatic heterocycles. The Hall–Kier alpha value is -6.04. The molecule has 0 saturated heterocycles. The number of methoxy groups -OCH3 is 4. The van der Waals surface area contributed by atoms with Crippen LogP contribution in [0.2, 0.25) is 0 Å². The number of benzene rings is 4. The number of rotatable bonds is 11. The number of ether oxygens (including phenoxy) is 6. The number of aromatic carboxylic acids is 2. The highest BCUT2D eigenvalue weighted by molar-refractivity contribution is 6.03. The average Bonchev–Trinajstić information content (AvgIpc) is 3.10. The number of esters is 2. The van der Waals surface area contributed by atoms with Crippen LogP contribution in [0, 0.1) is 47.6 Å². The molecule has 0 amide bonds. The predicted molar refractivity (Wildman–Crippen MR) is 182 cm³/mol. The van der Waals surface area contributed by atoms with Crippen molar-refractivity contribution >= 4 is 23.9 Å². The van der Waals surface area contributed by atoms with Crippen molar-refractivity contribution in [3.8, 4) is 45.6 Å². The number of carbonyl (C=O) groups excluding carboxylic acids is 2. The Morgan fingerprint density at radius 1 is 0.540 bits per heavy atom. The minimum atomic E-state index is -1.22. The molecular weight excluding hydrogens is 648 g/mol. The van der Waals surface area contributed by atoms with E-state index in [0.717, 1.165) is 0 Å². The highest BCUT2D eigenvalue weighted by atomic mass is 16.5. The lowest BCUT2D eigenvalue weighted by molar-refractivity contribution is 0.0681. The zero-order chi connectivity index (χ0) is 37.2. The third-order valence-electron chi connectivity index (χ3n) is 8.69. The standard InChI is InChI=1S/C38H37O12/c1-17-19(3)31(21(5)33(47-9)28(17)36(41)42)49-37(43)29-18(2)20(4)32(22(6)34(29)48-10)50-38(44)30-24(12-11-13-27(30)46-8)23-14-15-26(45-7)25(16-23)35(39)40/h11,13-16H,1-10H3,(H,39,40)(H,41,42). The van der Waals surface area contributed by atoms with Gasteiger partial charge < -0.3 is 38.6 Å². The van der Waals surface area contributed by atoms with Gasteiger partial charge in [-0.2, -0.15) is 0 Å². The topological polar surface area (TPSA) is 164 Å². The lowest BCUT2D eigenvalue weighted by Crippen LogP contribution is -2.18. The summed E-state index contributed by atoms with van der Waals surface area (Å²) >= 11 is 0. The normalized spacial score (nSPS) is 10.7. The molecule has 0 atom stereocenters. The van der Waals surface area contributed by atoms with Gasteiger partial charge in [-0.15, -0.1) is 0 Å². The first kappa shape index (κ1) is 36.8. The molecular formula is C38H37O12. The van der Waals surface area contributed by atoms with Crippen molar-refractivity contribution in [2.45, 2.75) is 41.5 Å². The molecule has 0 spiro atoms. The van der Waals surface area contributed by atoms with Crippen LogP contribution in [-0.2, 0) is 0 Å².